The van der Waals surface area contributed by atoms with E-state index in [0.29, 0.717) is 35.9 Å². The maximum absolute atomic E-state index is 13.4. The summed E-state index contributed by atoms with van der Waals surface area (Å²) in [6, 6.07) is 3.64. The molecular formula is C23H32F3N3O3. The van der Waals surface area contributed by atoms with E-state index in [-0.39, 0.29) is 13.1 Å². The molecule has 178 valence electrons. The van der Waals surface area contributed by atoms with Gasteiger partial charge in [0.1, 0.15) is 5.82 Å². The van der Waals surface area contributed by atoms with Crippen LogP contribution >= 0.6 is 0 Å². The largest absolute Gasteiger partial charge is 0.426 e. The molecule has 0 spiro atoms. The van der Waals surface area contributed by atoms with Crippen LogP contribution in [-0.4, -0.2) is 65.1 Å². The molecule has 2 aliphatic heterocycles. The second-order valence-electron chi connectivity index (χ2n) is 9.33. The Labute approximate surface area is 186 Å². The van der Waals surface area contributed by atoms with E-state index in [1.165, 1.54) is 18.7 Å². The summed E-state index contributed by atoms with van der Waals surface area (Å²) in [4.78, 5) is 31.5. The maximum atomic E-state index is 13.4. The fourth-order valence-corrected chi connectivity index (χ4v) is 4.97. The number of rotatable bonds is 5. The third kappa shape index (κ3) is 4.63. The molecule has 0 saturated carbocycles. The van der Waals surface area contributed by atoms with Crippen molar-refractivity contribution in [1.29, 1.82) is 0 Å². The molecule has 1 unspecified atom stereocenters. The van der Waals surface area contributed by atoms with Crippen molar-refractivity contribution in [3.8, 4) is 0 Å². The number of likely N-dealkylation sites (tertiary alicyclic amines) is 1. The highest BCUT2D eigenvalue weighted by Crippen LogP contribution is 2.40. The molecule has 2 aliphatic rings. The van der Waals surface area contributed by atoms with Crippen molar-refractivity contribution in [2.75, 3.05) is 31.1 Å². The number of aromatic nitrogens is 1. The van der Waals surface area contributed by atoms with Crippen LogP contribution in [0.25, 0.3) is 0 Å². The molecule has 2 saturated heterocycles. The van der Waals surface area contributed by atoms with Crippen molar-refractivity contribution >= 4 is 18.0 Å². The van der Waals surface area contributed by atoms with Crippen LogP contribution in [0.15, 0.2) is 12.1 Å². The molecule has 1 N–H and O–H groups in total. The Morgan fingerprint density at radius 1 is 1.09 bits per heavy atom. The van der Waals surface area contributed by atoms with Gasteiger partial charge in [-0.15, -0.1) is 0 Å². The molecule has 2 fully saturated rings. The minimum atomic E-state index is -5.00. The molecule has 1 aromatic rings. The van der Waals surface area contributed by atoms with Crippen LogP contribution in [0.3, 0.4) is 0 Å². The van der Waals surface area contributed by atoms with Crippen molar-refractivity contribution < 1.29 is 27.9 Å². The first-order valence-electron chi connectivity index (χ1n) is 11.2. The number of hydrogen-bond donors (Lipinski definition) is 1. The maximum Gasteiger partial charge on any atom is 0.426 e. The quantitative estimate of drug-likeness (QED) is 0.687. The predicted octanol–water partition coefficient (Wildman–Crippen LogP) is 3.61. The summed E-state index contributed by atoms with van der Waals surface area (Å²) in [5.41, 5.74) is -2.05. The van der Waals surface area contributed by atoms with Crippen molar-refractivity contribution in [2.45, 2.75) is 58.2 Å². The van der Waals surface area contributed by atoms with Crippen LogP contribution in [0.2, 0.25) is 0 Å². The van der Waals surface area contributed by atoms with Gasteiger partial charge in [0.2, 0.25) is 5.60 Å². The highest BCUT2D eigenvalue weighted by atomic mass is 19.4. The summed E-state index contributed by atoms with van der Waals surface area (Å²) in [6.07, 6.45) is -1.01. The summed E-state index contributed by atoms with van der Waals surface area (Å²) in [6.45, 7) is 6.39. The average Bonchev–Trinajstić information content (AvgIpc) is 2.77. The summed E-state index contributed by atoms with van der Waals surface area (Å²) >= 11 is 0. The summed E-state index contributed by atoms with van der Waals surface area (Å²) < 4.78 is 40.3. The topological polar surface area (TPSA) is 73.7 Å². The number of aliphatic hydroxyl groups is 1. The van der Waals surface area contributed by atoms with Gasteiger partial charge < -0.3 is 14.9 Å². The third-order valence-corrected chi connectivity index (χ3v) is 7.19. The standard InChI is InChI=1S/C23H32F3N3O3/c1-15(2)22(32,23(24,25)26)21(31)29-12-8-18(9-13-29)17-6-10-28(11-7-17)20-5-4-19(14-30)16(3)27-20/h4-5,14-15,17-18,32H,6-13H2,1-3H3. The lowest BCUT2D eigenvalue weighted by Gasteiger charge is -2.43. The molecule has 9 heteroatoms. The van der Waals surface area contributed by atoms with E-state index in [2.05, 4.69) is 9.88 Å². The second-order valence-corrected chi connectivity index (χ2v) is 9.33. The van der Waals surface area contributed by atoms with Crippen LogP contribution in [0.1, 0.15) is 55.6 Å². The van der Waals surface area contributed by atoms with E-state index in [9.17, 15) is 27.9 Å². The van der Waals surface area contributed by atoms with Gasteiger partial charge in [-0.3, -0.25) is 9.59 Å². The van der Waals surface area contributed by atoms with Gasteiger partial charge >= 0.3 is 6.18 Å². The van der Waals surface area contributed by atoms with Crippen molar-refractivity contribution in [3.63, 3.8) is 0 Å². The van der Waals surface area contributed by atoms with Crippen LogP contribution in [0.4, 0.5) is 19.0 Å². The lowest BCUT2D eigenvalue weighted by molar-refractivity contribution is -0.270. The van der Waals surface area contributed by atoms with E-state index < -0.39 is 23.6 Å². The Bertz CT molecular complexity index is 830. The van der Waals surface area contributed by atoms with Crippen molar-refractivity contribution in [1.82, 2.24) is 9.88 Å². The molecule has 6 nitrogen and oxygen atoms in total. The number of anilines is 1. The summed E-state index contributed by atoms with van der Waals surface area (Å²) in [5.74, 6) is -0.827. The zero-order valence-corrected chi connectivity index (χ0v) is 18.9. The number of nitrogens with zero attached hydrogens (tertiary/aromatic N) is 3. The van der Waals surface area contributed by atoms with Crippen molar-refractivity contribution in [2.24, 2.45) is 17.8 Å². The molecule has 1 atom stereocenters. The molecular weight excluding hydrogens is 423 g/mol. The molecule has 0 aromatic carbocycles. The zero-order valence-electron chi connectivity index (χ0n) is 18.9. The van der Waals surface area contributed by atoms with Crippen LogP contribution in [0, 0.1) is 24.7 Å². The van der Waals surface area contributed by atoms with Gasteiger partial charge in [0, 0.05) is 37.7 Å². The number of pyridine rings is 1. The van der Waals surface area contributed by atoms with Gasteiger partial charge in [-0.05, 0) is 56.6 Å². The minimum Gasteiger partial charge on any atom is -0.372 e. The Balaban J connectivity index is 1.55. The fourth-order valence-electron chi connectivity index (χ4n) is 4.97. The average molecular weight is 456 g/mol. The molecule has 0 aliphatic carbocycles. The van der Waals surface area contributed by atoms with E-state index >= 15 is 0 Å². The van der Waals surface area contributed by atoms with E-state index in [1.807, 2.05) is 13.0 Å². The number of carbonyl (C=O) groups is 2. The van der Waals surface area contributed by atoms with Gasteiger partial charge in [-0.1, -0.05) is 13.8 Å². The lowest BCUT2D eigenvalue weighted by atomic mass is 9.78. The Kier molecular flexibility index (Phi) is 7.17. The number of aryl methyl sites for hydroxylation is 1. The second kappa shape index (κ2) is 9.37. The molecule has 3 heterocycles. The number of piperidine rings is 2. The van der Waals surface area contributed by atoms with Gasteiger partial charge in [-0.25, -0.2) is 4.98 Å². The zero-order chi connectivity index (χ0) is 23.7. The van der Waals surface area contributed by atoms with E-state index in [4.69, 9.17) is 0 Å². The third-order valence-electron chi connectivity index (χ3n) is 7.19. The van der Waals surface area contributed by atoms with Crippen molar-refractivity contribution in [3.05, 3.63) is 23.4 Å². The predicted molar refractivity (Wildman–Crippen MR) is 114 cm³/mol. The number of halogens is 3. The molecule has 3 rings (SSSR count). The van der Waals surface area contributed by atoms with Crippen LogP contribution in [0.5, 0.6) is 0 Å². The number of aldehydes is 1. The van der Waals surface area contributed by atoms with E-state index in [1.54, 1.807) is 6.07 Å². The SMILES string of the molecule is Cc1nc(N2CCC(C3CCN(C(=O)C(O)(C(C)C)C(F)(F)F)CC3)CC2)ccc1C=O. The van der Waals surface area contributed by atoms with Gasteiger partial charge in [0.25, 0.3) is 5.91 Å². The number of amides is 1. The molecule has 0 radical (unpaired) electrons. The molecule has 1 aromatic heterocycles. The molecule has 1 amide bonds. The smallest absolute Gasteiger partial charge is 0.372 e. The first kappa shape index (κ1) is 24.5. The van der Waals surface area contributed by atoms with Gasteiger partial charge in [-0.2, -0.15) is 13.2 Å². The Hall–Kier alpha value is -2.16. The van der Waals surface area contributed by atoms with Gasteiger partial charge in [0.15, 0.2) is 6.29 Å². The fraction of sp³-hybridized carbons (Fsp3) is 0.696. The monoisotopic (exact) mass is 455 g/mol. The number of carbonyl (C=O) groups excluding carboxylic acids is 2. The summed E-state index contributed by atoms with van der Waals surface area (Å²) in [5, 5.41) is 10.2. The van der Waals surface area contributed by atoms with E-state index in [0.717, 1.165) is 38.0 Å². The normalized spacial score (nSPS) is 21.0. The van der Waals surface area contributed by atoms with Crippen LogP contribution in [-0.2, 0) is 4.79 Å². The molecule has 32 heavy (non-hydrogen) atoms. The highest BCUT2D eigenvalue weighted by molar-refractivity contribution is 5.86. The first-order chi connectivity index (χ1) is 15.0. The minimum absolute atomic E-state index is 0.239. The summed E-state index contributed by atoms with van der Waals surface area (Å²) in [7, 11) is 0. The molecule has 0 bridgehead atoms. The number of hydrogen-bond acceptors (Lipinski definition) is 5. The highest BCUT2D eigenvalue weighted by Gasteiger charge is 2.62. The Morgan fingerprint density at radius 2 is 1.62 bits per heavy atom. The van der Waals surface area contributed by atoms with Crippen LogP contribution < -0.4 is 4.90 Å². The lowest BCUT2D eigenvalue weighted by Crippen LogP contribution is -2.62. The first-order valence-corrected chi connectivity index (χ1v) is 11.2. The number of alkyl halides is 3. The van der Waals surface area contributed by atoms with Gasteiger partial charge in [0.05, 0.1) is 5.69 Å². The Morgan fingerprint density at radius 3 is 2.06 bits per heavy atom.